The number of nitro groups is 1. The second kappa shape index (κ2) is 7.27. The maximum Gasteiger partial charge on any atom is 0.277 e. The first-order chi connectivity index (χ1) is 9.84. The summed E-state index contributed by atoms with van der Waals surface area (Å²) < 4.78 is 10.8. The van der Waals surface area contributed by atoms with Gasteiger partial charge >= 0.3 is 0 Å². The van der Waals surface area contributed by atoms with Crippen LogP contribution in [0.15, 0.2) is 12.1 Å². The second-order valence-corrected chi connectivity index (χ2v) is 5.68. The van der Waals surface area contributed by atoms with E-state index in [1.165, 1.54) is 13.2 Å². The van der Waals surface area contributed by atoms with Gasteiger partial charge in [0.15, 0.2) is 11.5 Å². The predicted octanol–water partition coefficient (Wildman–Crippen LogP) is 3.82. The molecule has 0 atom stereocenters. The molecule has 114 valence electrons. The van der Waals surface area contributed by atoms with Crippen molar-refractivity contribution in [2.75, 3.05) is 13.7 Å². The summed E-state index contributed by atoms with van der Waals surface area (Å²) in [5, 5.41) is 20.4. The van der Waals surface area contributed by atoms with Crippen molar-refractivity contribution >= 4 is 21.6 Å². The van der Waals surface area contributed by atoms with Crippen molar-refractivity contribution in [2.45, 2.75) is 25.6 Å². The van der Waals surface area contributed by atoms with Crippen LogP contribution in [0, 0.1) is 26.9 Å². The van der Waals surface area contributed by atoms with Crippen LogP contribution in [0.2, 0.25) is 0 Å². The second-order valence-electron chi connectivity index (χ2n) is 5.12. The summed E-state index contributed by atoms with van der Waals surface area (Å²) in [6.07, 6.45) is 0.515. The average molecular weight is 357 g/mol. The number of nitriles is 1. The van der Waals surface area contributed by atoms with Gasteiger partial charge in [-0.15, -0.1) is 0 Å². The van der Waals surface area contributed by atoms with Gasteiger partial charge in [0.1, 0.15) is 0 Å². The Balaban J connectivity index is 2.98. The minimum absolute atomic E-state index is 0.0257. The maximum absolute atomic E-state index is 11.1. The fraction of sp³-hybridized carbons (Fsp3) is 0.500. The smallest absolute Gasteiger partial charge is 0.277 e. The molecule has 0 aromatic heterocycles. The van der Waals surface area contributed by atoms with Gasteiger partial charge in [-0.1, -0.05) is 15.9 Å². The van der Waals surface area contributed by atoms with Crippen LogP contribution in [0.1, 0.15) is 25.8 Å². The van der Waals surface area contributed by atoms with Gasteiger partial charge in [-0.3, -0.25) is 10.1 Å². The average Bonchev–Trinajstić information content (AvgIpc) is 2.46. The van der Waals surface area contributed by atoms with E-state index in [2.05, 4.69) is 22.0 Å². The monoisotopic (exact) mass is 356 g/mol. The number of methoxy groups -OCH3 is 1. The lowest BCUT2D eigenvalue weighted by Crippen LogP contribution is -2.13. The first-order valence-electron chi connectivity index (χ1n) is 6.30. The SMILES string of the molecule is COc1cc(CBr)c([N+](=O)[O-])cc1OCCC(C)(C)C#N. The highest BCUT2D eigenvalue weighted by Gasteiger charge is 2.21. The van der Waals surface area contributed by atoms with E-state index in [0.29, 0.717) is 28.8 Å². The van der Waals surface area contributed by atoms with E-state index in [-0.39, 0.29) is 12.3 Å². The van der Waals surface area contributed by atoms with Gasteiger partial charge in [0, 0.05) is 10.9 Å². The third-order valence-corrected chi connectivity index (χ3v) is 3.60. The predicted molar refractivity (Wildman–Crippen MR) is 81.8 cm³/mol. The lowest BCUT2D eigenvalue weighted by atomic mass is 9.92. The van der Waals surface area contributed by atoms with E-state index in [9.17, 15) is 10.1 Å². The lowest BCUT2D eigenvalue weighted by molar-refractivity contribution is -0.385. The summed E-state index contributed by atoms with van der Waals surface area (Å²) in [4.78, 5) is 10.6. The van der Waals surface area contributed by atoms with Gasteiger partial charge in [-0.05, 0) is 26.3 Å². The van der Waals surface area contributed by atoms with Crippen molar-refractivity contribution in [1.29, 1.82) is 5.26 Å². The molecular formula is C14H17BrN2O4. The fourth-order valence-electron chi connectivity index (χ4n) is 1.61. The standard InChI is InChI=1S/C14H17BrN2O4/c1-14(2,9-16)4-5-21-13-7-11(17(18)19)10(8-15)6-12(13)20-3/h6-7H,4-5,8H2,1-3H3. The molecule has 0 aliphatic rings. The number of hydrogen-bond acceptors (Lipinski definition) is 5. The number of hydrogen-bond donors (Lipinski definition) is 0. The molecule has 0 spiro atoms. The van der Waals surface area contributed by atoms with Crippen LogP contribution in [0.5, 0.6) is 11.5 Å². The fourth-order valence-corrected chi connectivity index (χ4v) is 2.06. The van der Waals surface area contributed by atoms with Gasteiger partial charge in [0.25, 0.3) is 5.69 Å². The van der Waals surface area contributed by atoms with Crippen molar-refractivity contribution in [3.63, 3.8) is 0 Å². The number of nitrogens with zero attached hydrogens (tertiary/aromatic N) is 2. The molecule has 0 unspecified atom stereocenters. The number of nitro benzene ring substituents is 1. The summed E-state index contributed by atoms with van der Waals surface area (Å²) in [5.74, 6) is 0.743. The summed E-state index contributed by atoms with van der Waals surface area (Å²) in [5.41, 5.74) is -0.0154. The Hall–Kier alpha value is -1.81. The third-order valence-electron chi connectivity index (χ3n) is 2.99. The molecule has 0 bridgehead atoms. The molecule has 6 nitrogen and oxygen atoms in total. The molecule has 0 saturated carbocycles. The van der Waals surface area contributed by atoms with E-state index in [1.807, 2.05) is 13.8 Å². The van der Waals surface area contributed by atoms with Crippen LogP contribution in [-0.4, -0.2) is 18.6 Å². The van der Waals surface area contributed by atoms with Gasteiger partial charge in [0.2, 0.25) is 0 Å². The molecule has 0 amide bonds. The molecule has 21 heavy (non-hydrogen) atoms. The number of rotatable bonds is 7. The van der Waals surface area contributed by atoms with Gasteiger partial charge in [0.05, 0.1) is 36.2 Å². The highest BCUT2D eigenvalue weighted by Crippen LogP contribution is 2.36. The van der Waals surface area contributed by atoms with Crippen LogP contribution < -0.4 is 9.47 Å². The largest absolute Gasteiger partial charge is 0.493 e. The Bertz CT molecular complexity index is 567. The quantitative estimate of drug-likeness (QED) is 0.421. The van der Waals surface area contributed by atoms with Crippen molar-refractivity contribution in [3.05, 3.63) is 27.8 Å². The van der Waals surface area contributed by atoms with Gasteiger partial charge in [-0.2, -0.15) is 5.26 Å². The van der Waals surface area contributed by atoms with Crippen molar-refractivity contribution in [1.82, 2.24) is 0 Å². The molecule has 0 N–H and O–H groups in total. The molecular weight excluding hydrogens is 340 g/mol. The number of ether oxygens (including phenoxy) is 2. The van der Waals surface area contributed by atoms with E-state index in [1.54, 1.807) is 6.07 Å². The van der Waals surface area contributed by atoms with Crippen LogP contribution in [0.3, 0.4) is 0 Å². The van der Waals surface area contributed by atoms with Crippen molar-refractivity contribution in [3.8, 4) is 17.6 Å². The molecule has 0 aliphatic heterocycles. The lowest BCUT2D eigenvalue weighted by Gasteiger charge is -2.16. The maximum atomic E-state index is 11.1. The Morgan fingerprint density at radius 1 is 1.43 bits per heavy atom. The van der Waals surface area contributed by atoms with Crippen LogP contribution in [0.25, 0.3) is 0 Å². The molecule has 0 radical (unpaired) electrons. The van der Waals surface area contributed by atoms with Gasteiger partial charge < -0.3 is 9.47 Å². The van der Waals surface area contributed by atoms with E-state index in [4.69, 9.17) is 14.7 Å². The Labute approximate surface area is 131 Å². The minimum Gasteiger partial charge on any atom is -0.493 e. The van der Waals surface area contributed by atoms with Crippen LogP contribution >= 0.6 is 15.9 Å². The first kappa shape index (κ1) is 17.2. The number of benzene rings is 1. The zero-order chi connectivity index (χ0) is 16.0. The Morgan fingerprint density at radius 2 is 2.10 bits per heavy atom. The minimum atomic E-state index is -0.505. The molecule has 1 aromatic carbocycles. The van der Waals surface area contributed by atoms with E-state index >= 15 is 0 Å². The zero-order valence-electron chi connectivity index (χ0n) is 12.2. The van der Waals surface area contributed by atoms with Crippen LogP contribution in [0.4, 0.5) is 5.69 Å². The summed E-state index contributed by atoms with van der Waals surface area (Å²) >= 11 is 3.22. The molecule has 1 rings (SSSR count). The Kier molecular flexibility index (Phi) is 5.97. The molecule has 0 saturated heterocycles. The first-order valence-corrected chi connectivity index (χ1v) is 7.42. The topological polar surface area (TPSA) is 85.4 Å². The highest BCUT2D eigenvalue weighted by atomic mass is 79.9. The summed E-state index contributed by atoms with van der Waals surface area (Å²) in [6.45, 7) is 3.90. The third kappa shape index (κ3) is 4.60. The normalized spacial score (nSPS) is 10.8. The molecule has 1 aromatic rings. The molecule has 0 aliphatic carbocycles. The molecule has 0 heterocycles. The Morgan fingerprint density at radius 3 is 2.57 bits per heavy atom. The molecule has 7 heteroatoms. The summed E-state index contributed by atoms with van der Waals surface area (Å²) in [6, 6.07) is 5.12. The van der Waals surface area contributed by atoms with Gasteiger partial charge in [-0.25, -0.2) is 0 Å². The van der Waals surface area contributed by atoms with Crippen molar-refractivity contribution < 1.29 is 14.4 Å². The van der Waals surface area contributed by atoms with E-state index < -0.39 is 10.3 Å². The van der Waals surface area contributed by atoms with Crippen LogP contribution in [-0.2, 0) is 5.33 Å². The zero-order valence-corrected chi connectivity index (χ0v) is 13.8. The number of halogens is 1. The van der Waals surface area contributed by atoms with E-state index in [0.717, 1.165) is 0 Å². The van der Waals surface area contributed by atoms with Crippen molar-refractivity contribution in [2.24, 2.45) is 5.41 Å². The number of alkyl halides is 1. The summed E-state index contributed by atoms with van der Waals surface area (Å²) in [7, 11) is 1.48. The molecule has 0 fully saturated rings. The highest BCUT2D eigenvalue weighted by molar-refractivity contribution is 9.08.